The average Bonchev–Trinajstić information content (AvgIpc) is 2.52. The molecular formula is C19H30O5. The van der Waals surface area contributed by atoms with Crippen molar-refractivity contribution in [2.75, 3.05) is 13.7 Å². The van der Waals surface area contributed by atoms with E-state index in [4.69, 9.17) is 14.2 Å². The zero-order valence-corrected chi connectivity index (χ0v) is 15.3. The van der Waals surface area contributed by atoms with E-state index in [1.165, 1.54) is 39.2 Å². The number of allylic oxidation sites excluding steroid dienone is 1. The first-order valence-corrected chi connectivity index (χ1v) is 8.62. The second-order valence-corrected chi connectivity index (χ2v) is 7.07. The maximum atomic E-state index is 11.8. The summed E-state index contributed by atoms with van der Waals surface area (Å²) in [5, 5.41) is 0. The van der Waals surface area contributed by atoms with Gasteiger partial charge in [0.25, 0.3) is 0 Å². The van der Waals surface area contributed by atoms with Crippen LogP contribution in [-0.2, 0) is 19.0 Å². The Morgan fingerprint density at radius 3 is 2.38 bits per heavy atom. The van der Waals surface area contributed by atoms with Crippen molar-refractivity contribution < 1.29 is 23.8 Å². The van der Waals surface area contributed by atoms with Gasteiger partial charge in [0, 0.05) is 0 Å². The number of carbonyl (C=O) groups is 2. The summed E-state index contributed by atoms with van der Waals surface area (Å²) in [6.45, 7) is 5.36. The van der Waals surface area contributed by atoms with E-state index in [0.29, 0.717) is 11.5 Å². The third kappa shape index (κ3) is 8.75. The molecule has 0 aromatic rings. The minimum atomic E-state index is -0.724. The molecule has 1 fully saturated rings. The average molecular weight is 338 g/mol. The monoisotopic (exact) mass is 338 g/mol. The fourth-order valence-corrected chi connectivity index (χ4v) is 2.62. The molecule has 1 saturated carbocycles. The molecule has 0 unspecified atom stereocenters. The van der Waals surface area contributed by atoms with E-state index in [-0.39, 0.29) is 12.6 Å². The molecule has 24 heavy (non-hydrogen) atoms. The number of hydrogen-bond donors (Lipinski definition) is 0. The fraction of sp³-hybridized carbons (Fsp3) is 0.684. The topological polar surface area (TPSA) is 61.8 Å². The van der Waals surface area contributed by atoms with Gasteiger partial charge in [0.05, 0.1) is 12.7 Å². The van der Waals surface area contributed by atoms with E-state index in [2.05, 4.69) is 0 Å². The molecule has 0 radical (unpaired) electrons. The zero-order valence-electron chi connectivity index (χ0n) is 15.3. The van der Waals surface area contributed by atoms with Gasteiger partial charge in [-0.05, 0) is 45.3 Å². The highest BCUT2D eigenvalue weighted by Crippen LogP contribution is 2.27. The molecule has 0 aromatic carbocycles. The summed E-state index contributed by atoms with van der Waals surface area (Å²) in [7, 11) is 1.36. The maximum absolute atomic E-state index is 11.8. The normalized spacial score (nSPS) is 16.9. The lowest BCUT2D eigenvalue weighted by Crippen LogP contribution is -2.24. The van der Waals surface area contributed by atoms with Crippen LogP contribution in [0.4, 0.5) is 4.79 Å². The quantitative estimate of drug-likeness (QED) is 0.403. The first-order chi connectivity index (χ1) is 11.3. The van der Waals surface area contributed by atoms with Gasteiger partial charge >= 0.3 is 12.1 Å². The van der Waals surface area contributed by atoms with Gasteiger partial charge in [-0.3, -0.25) is 0 Å². The highest BCUT2D eigenvalue weighted by atomic mass is 16.7. The summed E-state index contributed by atoms with van der Waals surface area (Å²) in [6, 6.07) is 0. The summed E-state index contributed by atoms with van der Waals surface area (Å²) in [5.41, 5.74) is -0.0893. The van der Waals surface area contributed by atoms with Gasteiger partial charge in [-0.15, -0.1) is 0 Å². The van der Waals surface area contributed by atoms with Crippen LogP contribution in [0.5, 0.6) is 0 Å². The Kier molecular flexibility index (Phi) is 8.58. The molecule has 0 heterocycles. The van der Waals surface area contributed by atoms with Crippen molar-refractivity contribution in [3.8, 4) is 0 Å². The Morgan fingerprint density at radius 2 is 1.79 bits per heavy atom. The number of methoxy groups -OCH3 is 1. The lowest BCUT2D eigenvalue weighted by Gasteiger charge is -2.20. The number of esters is 1. The maximum Gasteiger partial charge on any atom is 0.509 e. The lowest BCUT2D eigenvalue weighted by atomic mass is 9.86. The van der Waals surface area contributed by atoms with Crippen LogP contribution < -0.4 is 0 Å². The van der Waals surface area contributed by atoms with Crippen molar-refractivity contribution in [1.82, 2.24) is 0 Å². The van der Waals surface area contributed by atoms with E-state index in [1.54, 1.807) is 32.9 Å². The molecule has 1 aliphatic carbocycles. The van der Waals surface area contributed by atoms with E-state index in [9.17, 15) is 9.59 Å². The summed E-state index contributed by atoms with van der Waals surface area (Å²) in [5.74, 6) is 0.268. The standard InChI is InChI=1S/C19H30O5/c1-19(2,3)24-18(21)23-14-8-11-16(17(20)22-4)13-12-15-9-6-5-7-10-15/h8,11,13,15H,5-7,9-10,12,14H2,1-4H3/b11-8+,16-13-. The van der Waals surface area contributed by atoms with Crippen LogP contribution in [-0.4, -0.2) is 31.4 Å². The van der Waals surface area contributed by atoms with E-state index in [0.717, 1.165) is 6.42 Å². The summed E-state index contributed by atoms with van der Waals surface area (Å²) in [4.78, 5) is 23.3. The Balaban J connectivity index is 2.49. The van der Waals surface area contributed by atoms with Gasteiger partial charge in [0.1, 0.15) is 12.2 Å². The van der Waals surface area contributed by atoms with Crippen molar-refractivity contribution in [1.29, 1.82) is 0 Å². The third-order valence-electron chi connectivity index (χ3n) is 3.80. The second-order valence-electron chi connectivity index (χ2n) is 7.07. The van der Waals surface area contributed by atoms with E-state index < -0.39 is 11.8 Å². The number of ether oxygens (including phenoxy) is 3. The number of carbonyl (C=O) groups excluding carboxylic acids is 2. The molecule has 0 spiro atoms. The largest absolute Gasteiger partial charge is 0.509 e. The number of rotatable bonds is 6. The highest BCUT2D eigenvalue weighted by Gasteiger charge is 2.17. The van der Waals surface area contributed by atoms with Crippen molar-refractivity contribution >= 4 is 12.1 Å². The van der Waals surface area contributed by atoms with Crippen LogP contribution in [0.1, 0.15) is 59.3 Å². The highest BCUT2D eigenvalue weighted by molar-refractivity contribution is 5.91. The second kappa shape index (κ2) is 10.2. The Hall–Kier alpha value is -1.78. The predicted octanol–water partition coefficient (Wildman–Crippen LogP) is 4.56. The van der Waals surface area contributed by atoms with Gasteiger partial charge in [-0.2, -0.15) is 0 Å². The van der Waals surface area contributed by atoms with Gasteiger partial charge in [-0.25, -0.2) is 9.59 Å². The molecule has 0 aromatic heterocycles. The van der Waals surface area contributed by atoms with Crippen LogP contribution in [0, 0.1) is 5.92 Å². The van der Waals surface area contributed by atoms with Crippen molar-refractivity contribution in [2.24, 2.45) is 5.92 Å². The molecule has 5 heteroatoms. The van der Waals surface area contributed by atoms with Gasteiger partial charge in [0.2, 0.25) is 0 Å². The molecule has 0 atom stereocenters. The van der Waals surface area contributed by atoms with Gasteiger partial charge in [0.15, 0.2) is 0 Å². The zero-order chi connectivity index (χ0) is 18.0. The van der Waals surface area contributed by atoms with E-state index >= 15 is 0 Å². The SMILES string of the molecule is COC(=O)C(=C\CC1CCCCC1)/C=C/COC(=O)OC(C)(C)C. The molecule has 1 rings (SSSR count). The minimum Gasteiger partial charge on any atom is -0.465 e. The van der Waals surface area contributed by atoms with Crippen LogP contribution >= 0.6 is 0 Å². The van der Waals surface area contributed by atoms with Crippen LogP contribution in [0.15, 0.2) is 23.8 Å². The lowest BCUT2D eigenvalue weighted by molar-refractivity contribution is -0.135. The Labute approximate surface area is 145 Å². The predicted molar refractivity (Wildman–Crippen MR) is 92.6 cm³/mol. The summed E-state index contributed by atoms with van der Waals surface area (Å²) >= 11 is 0. The third-order valence-corrected chi connectivity index (χ3v) is 3.80. The molecule has 136 valence electrons. The molecule has 0 aliphatic heterocycles. The van der Waals surface area contributed by atoms with Crippen LogP contribution in [0.2, 0.25) is 0 Å². The molecule has 5 nitrogen and oxygen atoms in total. The number of hydrogen-bond acceptors (Lipinski definition) is 5. The van der Waals surface area contributed by atoms with Crippen molar-refractivity contribution in [3.05, 3.63) is 23.8 Å². The van der Waals surface area contributed by atoms with Crippen LogP contribution in [0.3, 0.4) is 0 Å². The van der Waals surface area contributed by atoms with Gasteiger partial charge < -0.3 is 14.2 Å². The Morgan fingerprint density at radius 1 is 1.12 bits per heavy atom. The van der Waals surface area contributed by atoms with Crippen molar-refractivity contribution in [2.45, 2.75) is 64.9 Å². The first-order valence-electron chi connectivity index (χ1n) is 8.62. The Bertz CT molecular complexity index is 465. The van der Waals surface area contributed by atoms with E-state index in [1.807, 2.05) is 6.08 Å². The summed E-state index contributed by atoms with van der Waals surface area (Å²) in [6.07, 6.45) is 11.6. The minimum absolute atomic E-state index is 0.0483. The molecule has 1 aliphatic rings. The van der Waals surface area contributed by atoms with Gasteiger partial charge in [-0.1, -0.05) is 38.2 Å². The fourth-order valence-electron chi connectivity index (χ4n) is 2.62. The smallest absolute Gasteiger partial charge is 0.465 e. The first kappa shape index (κ1) is 20.3. The van der Waals surface area contributed by atoms with Crippen molar-refractivity contribution in [3.63, 3.8) is 0 Å². The molecule has 0 saturated heterocycles. The molecule has 0 N–H and O–H groups in total. The molecule has 0 amide bonds. The summed E-state index contributed by atoms with van der Waals surface area (Å²) < 4.78 is 14.8. The van der Waals surface area contributed by atoms with Crippen LogP contribution in [0.25, 0.3) is 0 Å². The molecular weight excluding hydrogens is 308 g/mol. The molecule has 0 bridgehead atoms.